The molecule has 0 radical (unpaired) electrons. The molecule has 2 N–H and O–H groups in total. The van der Waals surface area contributed by atoms with Crippen molar-refractivity contribution >= 4 is 17.8 Å². The van der Waals surface area contributed by atoms with Gasteiger partial charge in [-0.2, -0.15) is 0 Å². The molecule has 2 aliphatic heterocycles. The minimum atomic E-state index is -1.28. The number of amides is 2. The minimum Gasteiger partial charge on any atom is -0.508 e. The number of benzene rings is 1. The maximum atomic E-state index is 12.7. The van der Waals surface area contributed by atoms with Gasteiger partial charge in [-0.3, -0.25) is 24.6 Å². The lowest BCUT2D eigenvalue weighted by atomic mass is 9.80. The molecule has 2 amide bonds. The van der Waals surface area contributed by atoms with Gasteiger partial charge in [0.25, 0.3) is 0 Å². The van der Waals surface area contributed by atoms with E-state index in [9.17, 15) is 19.5 Å². The zero-order chi connectivity index (χ0) is 17.6. The fourth-order valence-electron chi connectivity index (χ4n) is 3.88. The van der Waals surface area contributed by atoms with Gasteiger partial charge >= 0.3 is 5.97 Å². The first-order valence-electron chi connectivity index (χ1n) is 7.85. The summed E-state index contributed by atoms with van der Waals surface area (Å²) in [5.74, 6) is -2.59. The monoisotopic (exact) mass is 332 g/mol. The summed E-state index contributed by atoms with van der Waals surface area (Å²) in [6, 6.07) is 5.88. The maximum absolute atomic E-state index is 12.7. The lowest BCUT2D eigenvalue weighted by molar-refractivity contribution is -0.153. The van der Waals surface area contributed by atoms with E-state index in [-0.39, 0.29) is 24.1 Å². The summed E-state index contributed by atoms with van der Waals surface area (Å²) in [4.78, 5) is 39.0. The molecule has 0 unspecified atom stereocenters. The van der Waals surface area contributed by atoms with Crippen molar-refractivity contribution in [3.05, 3.63) is 29.8 Å². The molecule has 4 atom stereocenters. The summed E-state index contributed by atoms with van der Waals surface area (Å²) in [5, 5.41) is 12.6. The van der Waals surface area contributed by atoms with E-state index in [0.29, 0.717) is 0 Å². The van der Waals surface area contributed by atoms with E-state index in [1.807, 2.05) is 0 Å². The molecule has 128 valence electrons. The van der Waals surface area contributed by atoms with Gasteiger partial charge in [-0.05, 0) is 31.5 Å². The van der Waals surface area contributed by atoms with E-state index in [2.05, 4.69) is 5.32 Å². The van der Waals surface area contributed by atoms with Crippen molar-refractivity contribution in [2.24, 2.45) is 11.8 Å². The molecule has 7 heteroatoms. The van der Waals surface area contributed by atoms with Crippen LogP contribution in [0.5, 0.6) is 5.75 Å². The molecule has 1 aromatic carbocycles. The average molecular weight is 332 g/mol. The van der Waals surface area contributed by atoms with Crippen molar-refractivity contribution in [2.45, 2.75) is 25.4 Å². The number of fused-ring (bicyclic) bond motifs is 1. The molecule has 0 spiro atoms. The zero-order valence-electron chi connectivity index (χ0n) is 13.8. The molecular weight excluding hydrogens is 312 g/mol. The highest BCUT2D eigenvalue weighted by Crippen LogP contribution is 2.48. The molecule has 0 aliphatic carbocycles. The van der Waals surface area contributed by atoms with Gasteiger partial charge in [0.05, 0.1) is 18.9 Å². The van der Waals surface area contributed by atoms with E-state index < -0.39 is 29.4 Å². The van der Waals surface area contributed by atoms with Gasteiger partial charge in [0.1, 0.15) is 11.3 Å². The number of ether oxygens (including phenoxy) is 1. The Morgan fingerprint density at radius 1 is 1.29 bits per heavy atom. The Kier molecular flexibility index (Phi) is 3.83. The maximum Gasteiger partial charge on any atom is 0.326 e. The number of nitrogens with zero attached hydrogens (tertiary/aromatic N) is 1. The molecule has 2 fully saturated rings. The molecule has 2 heterocycles. The highest BCUT2D eigenvalue weighted by molar-refractivity contribution is 6.09. The second kappa shape index (κ2) is 5.59. The lowest BCUT2D eigenvalue weighted by Crippen LogP contribution is -2.53. The third-order valence-corrected chi connectivity index (χ3v) is 5.06. The van der Waals surface area contributed by atoms with Gasteiger partial charge in [0.2, 0.25) is 11.8 Å². The van der Waals surface area contributed by atoms with E-state index >= 15 is 0 Å². The third-order valence-electron chi connectivity index (χ3n) is 5.06. The van der Waals surface area contributed by atoms with Crippen molar-refractivity contribution in [3.63, 3.8) is 0 Å². The largest absolute Gasteiger partial charge is 0.508 e. The molecule has 2 aliphatic rings. The van der Waals surface area contributed by atoms with Crippen LogP contribution in [0.3, 0.4) is 0 Å². The standard InChI is InChI=1S/C17H20N2O5/c1-4-19-14(21)11-12(15(19)22)17(2,16(23)24-3)18-13(11)9-5-7-10(20)8-6-9/h5-8,11-13,18,20H,4H2,1-3H3/t11-,12+,13-,17-/m0/s1. The molecule has 24 heavy (non-hydrogen) atoms. The van der Waals surface area contributed by atoms with Gasteiger partial charge in [0, 0.05) is 12.6 Å². The van der Waals surface area contributed by atoms with Crippen LogP contribution in [0.4, 0.5) is 0 Å². The second-order valence-corrected chi connectivity index (χ2v) is 6.33. The molecule has 1 aromatic rings. The van der Waals surface area contributed by atoms with E-state index in [4.69, 9.17) is 4.74 Å². The number of carbonyl (C=O) groups excluding carboxylic acids is 3. The van der Waals surface area contributed by atoms with Crippen LogP contribution in [-0.4, -0.2) is 47.0 Å². The molecule has 0 bridgehead atoms. The Morgan fingerprint density at radius 3 is 2.46 bits per heavy atom. The first-order valence-corrected chi connectivity index (χ1v) is 7.85. The van der Waals surface area contributed by atoms with Gasteiger partial charge in [-0.1, -0.05) is 12.1 Å². The van der Waals surface area contributed by atoms with Crippen molar-refractivity contribution in [2.75, 3.05) is 13.7 Å². The molecule has 0 saturated carbocycles. The smallest absolute Gasteiger partial charge is 0.326 e. The Balaban J connectivity index is 2.09. The quantitative estimate of drug-likeness (QED) is 0.621. The highest BCUT2D eigenvalue weighted by Gasteiger charge is 2.66. The summed E-state index contributed by atoms with van der Waals surface area (Å²) < 4.78 is 4.88. The molecular formula is C17H20N2O5. The van der Waals surface area contributed by atoms with Crippen molar-refractivity contribution in [3.8, 4) is 5.75 Å². The topological polar surface area (TPSA) is 95.9 Å². The number of nitrogens with one attached hydrogen (secondary N) is 1. The van der Waals surface area contributed by atoms with Crippen molar-refractivity contribution < 1.29 is 24.2 Å². The second-order valence-electron chi connectivity index (χ2n) is 6.33. The number of rotatable bonds is 3. The first-order chi connectivity index (χ1) is 11.3. The third kappa shape index (κ3) is 2.11. The van der Waals surface area contributed by atoms with Crippen LogP contribution < -0.4 is 5.32 Å². The summed E-state index contributed by atoms with van der Waals surface area (Å²) in [6.07, 6.45) is 0. The average Bonchev–Trinajstić information content (AvgIpc) is 3.02. The number of phenolic OH excluding ortho intramolecular Hbond substituents is 1. The van der Waals surface area contributed by atoms with Gasteiger partial charge in [-0.15, -0.1) is 0 Å². The number of imide groups is 1. The number of hydrogen-bond donors (Lipinski definition) is 2. The van der Waals surface area contributed by atoms with Gasteiger partial charge < -0.3 is 9.84 Å². The lowest BCUT2D eigenvalue weighted by Gasteiger charge is -2.28. The summed E-state index contributed by atoms with van der Waals surface area (Å²) in [5.41, 5.74) is -0.548. The predicted molar refractivity (Wildman–Crippen MR) is 83.8 cm³/mol. The van der Waals surface area contributed by atoms with Crippen LogP contribution in [0.15, 0.2) is 24.3 Å². The van der Waals surface area contributed by atoms with Crippen molar-refractivity contribution in [1.29, 1.82) is 0 Å². The van der Waals surface area contributed by atoms with Crippen molar-refractivity contribution in [1.82, 2.24) is 10.2 Å². The van der Waals surface area contributed by atoms with E-state index in [1.54, 1.807) is 26.0 Å². The SMILES string of the molecule is CCN1C(=O)[C@@H]2[C@H](c3ccc(O)cc3)N[C@](C)(C(=O)OC)[C@H]2C1=O. The number of esters is 1. The first kappa shape index (κ1) is 16.4. The predicted octanol–water partition coefficient (Wildman–Crippen LogP) is 0.589. The normalized spacial score (nSPS) is 32.1. The highest BCUT2D eigenvalue weighted by atomic mass is 16.5. The van der Waals surface area contributed by atoms with Crippen LogP contribution in [0.1, 0.15) is 25.5 Å². The zero-order valence-corrected chi connectivity index (χ0v) is 13.8. The van der Waals surface area contributed by atoms with Crippen LogP contribution in [0.25, 0.3) is 0 Å². The Hall–Kier alpha value is -2.41. The number of likely N-dealkylation sites (tertiary alicyclic amines) is 1. The number of phenols is 1. The molecule has 7 nitrogen and oxygen atoms in total. The van der Waals surface area contributed by atoms with E-state index in [0.717, 1.165) is 5.56 Å². The fraction of sp³-hybridized carbons (Fsp3) is 0.471. The minimum absolute atomic E-state index is 0.105. The molecule has 0 aromatic heterocycles. The van der Waals surface area contributed by atoms with Gasteiger partial charge in [-0.25, -0.2) is 0 Å². The molecule has 2 saturated heterocycles. The van der Waals surface area contributed by atoms with Crippen LogP contribution >= 0.6 is 0 Å². The van der Waals surface area contributed by atoms with Crippen LogP contribution in [0.2, 0.25) is 0 Å². The van der Waals surface area contributed by atoms with E-state index in [1.165, 1.54) is 24.1 Å². The van der Waals surface area contributed by atoms with Crippen LogP contribution in [-0.2, 0) is 19.1 Å². The van der Waals surface area contributed by atoms with Crippen LogP contribution in [0, 0.1) is 11.8 Å². The van der Waals surface area contributed by atoms with Gasteiger partial charge in [0.15, 0.2) is 0 Å². The number of carbonyl (C=O) groups is 3. The Morgan fingerprint density at radius 2 is 1.92 bits per heavy atom. The fourth-order valence-corrected chi connectivity index (χ4v) is 3.88. The summed E-state index contributed by atoms with van der Waals surface area (Å²) >= 11 is 0. The molecule has 3 rings (SSSR count). The number of methoxy groups -OCH3 is 1. The summed E-state index contributed by atoms with van der Waals surface area (Å²) in [6.45, 7) is 3.60. The summed E-state index contributed by atoms with van der Waals surface area (Å²) in [7, 11) is 1.26. The number of aromatic hydroxyl groups is 1. The number of hydrogen-bond acceptors (Lipinski definition) is 6. The Labute approximate surface area is 139 Å². The Bertz CT molecular complexity index is 701.